The van der Waals surface area contributed by atoms with Crippen molar-refractivity contribution < 1.29 is 17.9 Å². The Morgan fingerprint density at radius 3 is 2.14 bits per heavy atom. The van der Waals surface area contributed by atoms with Crippen molar-refractivity contribution in [2.45, 2.75) is 39.7 Å². The Labute approximate surface area is 83.3 Å². The zero-order chi connectivity index (χ0) is 11.6. The van der Waals surface area contributed by atoms with Gasteiger partial charge in [0.05, 0.1) is 6.10 Å². The van der Waals surface area contributed by atoms with Crippen LogP contribution in [0.15, 0.2) is 24.8 Å². The Morgan fingerprint density at radius 1 is 1.36 bits per heavy atom. The maximum atomic E-state index is 11.6. The molecule has 4 heteroatoms. The molecule has 0 radical (unpaired) electrons. The van der Waals surface area contributed by atoms with Crippen LogP contribution in [-0.2, 0) is 4.74 Å². The summed E-state index contributed by atoms with van der Waals surface area (Å²) in [6.07, 6.45) is -0.983. The highest BCUT2D eigenvalue weighted by atomic mass is 19.4. The average Bonchev–Trinajstić information content (AvgIpc) is 2.14. The number of allylic oxidation sites excluding steroid dienone is 1. The first-order chi connectivity index (χ1) is 6.49. The lowest BCUT2D eigenvalue weighted by molar-refractivity contribution is -0.335. The van der Waals surface area contributed by atoms with Crippen LogP contribution >= 0.6 is 0 Å². The quantitative estimate of drug-likeness (QED) is 0.635. The van der Waals surface area contributed by atoms with Crippen molar-refractivity contribution in [1.82, 2.24) is 0 Å². The molecule has 0 aliphatic carbocycles. The van der Waals surface area contributed by atoms with Gasteiger partial charge in [-0.1, -0.05) is 32.1 Å². The predicted molar refractivity (Wildman–Crippen MR) is 51.9 cm³/mol. The molecule has 0 saturated heterocycles. The summed E-state index contributed by atoms with van der Waals surface area (Å²) in [7, 11) is 0. The zero-order valence-corrected chi connectivity index (χ0v) is 8.77. The van der Waals surface area contributed by atoms with E-state index >= 15 is 0 Å². The van der Waals surface area contributed by atoms with Crippen LogP contribution < -0.4 is 0 Å². The Balaban J connectivity index is 0. The molecule has 1 nitrogen and oxygen atoms in total. The van der Waals surface area contributed by atoms with E-state index in [9.17, 15) is 13.2 Å². The van der Waals surface area contributed by atoms with Gasteiger partial charge in [0.1, 0.15) is 0 Å². The van der Waals surface area contributed by atoms with E-state index in [1.807, 2.05) is 13.8 Å². The second kappa shape index (κ2) is 8.81. The Morgan fingerprint density at radius 2 is 1.86 bits per heavy atom. The average molecular weight is 210 g/mol. The van der Waals surface area contributed by atoms with E-state index in [4.69, 9.17) is 0 Å². The van der Waals surface area contributed by atoms with Crippen molar-refractivity contribution >= 4 is 0 Å². The molecule has 0 aromatic rings. The van der Waals surface area contributed by atoms with Gasteiger partial charge in [0, 0.05) is 0 Å². The van der Waals surface area contributed by atoms with Gasteiger partial charge in [0.15, 0.2) is 0 Å². The van der Waals surface area contributed by atoms with E-state index in [2.05, 4.69) is 11.3 Å². The summed E-state index contributed by atoms with van der Waals surface area (Å²) in [4.78, 5) is 0. The van der Waals surface area contributed by atoms with Crippen molar-refractivity contribution in [1.29, 1.82) is 0 Å². The summed E-state index contributed by atoms with van der Waals surface area (Å²) < 4.78 is 38.6. The predicted octanol–water partition coefficient (Wildman–Crippen LogP) is 4.07. The van der Waals surface area contributed by atoms with Gasteiger partial charge in [-0.15, -0.1) is 19.8 Å². The topological polar surface area (TPSA) is 9.23 Å². The second-order valence-electron chi connectivity index (χ2n) is 2.14. The minimum Gasteiger partial charge on any atom is -0.284 e. The molecule has 0 saturated carbocycles. The maximum Gasteiger partial charge on any atom is 0.523 e. The molecule has 0 aromatic heterocycles. The summed E-state index contributed by atoms with van der Waals surface area (Å²) in [6, 6.07) is 0. The monoisotopic (exact) mass is 210 g/mol. The molecule has 0 aromatic carbocycles. The van der Waals surface area contributed by atoms with Crippen LogP contribution in [-0.4, -0.2) is 12.5 Å². The third kappa shape index (κ3) is 11.2. The first kappa shape index (κ1) is 15.7. The molecule has 0 spiro atoms. The zero-order valence-electron chi connectivity index (χ0n) is 8.77. The van der Waals surface area contributed by atoms with Gasteiger partial charge in [0.25, 0.3) is 0 Å². The van der Waals surface area contributed by atoms with Crippen LogP contribution in [0.3, 0.4) is 0 Å². The number of ether oxygens (including phenoxy) is 1. The van der Waals surface area contributed by atoms with Crippen LogP contribution in [0.4, 0.5) is 13.2 Å². The maximum absolute atomic E-state index is 11.6. The van der Waals surface area contributed by atoms with E-state index in [-0.39, 0.29) is 6.42 Å². The van der Waals surface area contributed by atoms with E-state index in [1.54, 1.807) is 19.1 Å². The Kier molecular flexibility index (Phi) is 9.88. The largest absolute Gasteiger partial charge is 0.523 e. The normalized spacial score (nSPS) is 13.3. The van der Waals surface area contributed by atoms with E-state index in [0.29, 0.717) is 0 Å². The Bertz CT molecular complexity index is 161. The lowest BCUT2D eigenvalue weighted by atomic mass is 10.2. The van der Waals surface area contributed by atoms with Gasteiger partial charge < -0.3 is 0 Å². The molecular weight excluding hydrogens is 193 g/mol. The molecule has 0 aliphatic heterocycles. The number of halogens is 3. The molecule has 14 heavy (non-hydrogen) atoms. The fourth-order valence-electron chi connectivity index (χ4n) is 0.634. The summed E-state index contributed by atoms with van der Waals surface area (Å²) >= 11 is 0. The van der Waals surface area contributed by atoms with Gasteiger partial charge in [-0.2, -0.15) is 0 Å². The number of hydrogen-bond donors (Lipinski definition) is 0. The van der Waals surface area contributed by atoms with Gasteiger partial charge in [-0.3, -0.25) is 4.74 Å². The third-order valence-corrected chi connectivity index (χ3v) is 1.15. The van der Waals surface area contributed by atoms with Crippen LogP contribution in [0.1, 0.15) is 27.2 Å². The van der Waals surface area contributed by atoms with Crippen LogP contribution in [0.5, 0.6) is 0 Å². The summed E-state index contributed by atoms with van der Waals surface area (Å²) in [5.41, 5.74) is 0. The van der Waals surface area contributed by atoms with Crippen LogP contribution in [0.25, 0.3) is 0 Å². The van der Waals surface area contributed by atoms with Crippen LogP contribution in [0.2, 0.25) is 0 Å². The highest BCUT2D eigenvalue weighted by molar-refractivity contribution is 4.89. The highest BCUT2D eigenvalue weighted by Crippen LogP contribution is 2.20. The number of hydrogen-bond acceptors (Lipinski definition) is 1. The van der Waals surface area contributed by atoms with Gasteiger partial charge in [-0.05, 0) is 13.3 Å². The molecule has 0 amide bonds. The summed E-state index contributed by atoms with van der Waals surface area (Å²) in [5, 5.41) is 0. The first-order valence-electron chi connectivity index (χ1n) is 4.48. The van der Waals surface area contributed by atoms with Crippen molar-refractivity contribution in [2.24, 2.45) is 0 Å². The molecule has 0 aliphatic rings. The number of alkyl halides is 3. The second-order valence-corrected chi connectivity index (χ2v) is 2.14. The van der Waals surface area contributed by atoms with Gasteiger partial charge in [0.2, 0.25) is 0 Å². The molecule has 0 fully saturated rings. The Hall–Kier alpha value is -0.770. The van der Waals surface area contributed by atoms with Crippen molar-refractivity contribution in [3.63, 3.8) is 0 Å². The number of rotatable bonds is 4. The SMILES string of the molecule is C=CC(C/C=C/C)OC(F)(F)F.CC. The third-order valence-electron chi connectivity index (χ3n) is 1.15. The van der Waals surface area contributed by atoms with E-state index in [1.165, 1.54) is 0 Å². The van der Waals surface area contributed by atoms with Crippen LogP contribution in [0, 0.1) is 0 Å². The molecule has 0 rings (SSSR count). The molecule has 84 valence electrons. The van der Waals surface area contributed by atoms with E-state index in [0.717, 1.165) is 6.08 Å². The van der Waals surface area contributed by atoms with Gasteiger partial charge in [-0.25, -0.2) is 0 Å². The van der Waals surface area contributed by atoms with E-state index < -0.39 is 12.5 Å². The minimum absolute atomic E-state index is 0.194. The molecule has 0 bridgehead atoms. The molecule has 0 heterocycles. The van der Waals surface area contributed by atoms with Crippen molar-refractivity contribution in [3.05, 3.63) is 24.8 Å². The summed E-state index contributed by atoms with van der Waals surface area (Å²) in [6.45, 7) is 8.97. The minimum atomic E-state index is -4.58. The lowest BCUT2D eigenvalue weighted by Crippen LogP contribution is -2.21. The molecule has 1 unspecified atom stereocenters. The highest BCUT2D eigenvalue weighted by Gasteiger charge is 2.31. The first-order valence-corrected chi connectivity index (χ1v) is 4.48. The van der Waals surface area contributed by atoms with Gasteiger partial charge >= 0.3 is 6.36 Å². The molecular formula is C10H17F3O. The fourth-order valence-corrected chi connectivity index (χ4v) is 0.634. The molecule has 1 atom stereocenters. The standard InChI is InChI=1S/C8H11F3O.C2H6/c1-3-5-6-7(4-2)12-8(9,10)11;1-2/h3-5,7H,2,6H2,1H3;1-2H3/b5-3+;. The smallest absolute Gasteiger partial charge is 0.284 e. The van der Waals surface area contributed by atoms with Crippen molar-refractivity contribution in [2.75, 3.05) is 0 Å². The van der Waals surface area contributed by atoms with Crippen molar-refractivity contribution in [3.8, 4) is 0 Å². The molecule has 0 N–H and O–H groups in total. The summed E-state index contributed by atoms with van der Waals surface area (Å²) in [5.74, 6) is 0. The fraction of sp³-hybridized carbons (Fsp3) is 0.600. The lowest BCUT2D eigenvalue weighted by Gasteiger charge is -2.13.